The number of anilines is 1. The maximum Gasteiger partial charge on any atom is 0.257 e. The van der Waals surface area contributed by atoms with Crippen LogP contribution in [0.3, 0.4) is 0 Å². The molecular formula is C23H28ClN5O. The Kier molecular flexibility index (Phi) is 6.67. The lowest BCUT2D eigenvalue weighted by atomic mass is 10.2. The molecule has 2 heterocycles. The van der Waals surface area contributed by atoms with Gasteiger partial charge in [-0.05, 0) is 49.3 Å². The predicted molar refractivity (Wildman–Crippen MR) is 121 cm³/mol. The molecule has 6 nitrogen and oxygen atoms in total. The van der Waals surface area contributed by atoms with Gasteiger partial charge in [0.1, 0.15) is 0 Å². The largest absolute Gasteiger partial charge is 0.378 e. The minimum atomic E-state index is 0.581. The van der Waals surface area contributed by atoms with Gasteiger partial charge < -0.3 is 9.42 Å². The van der Waals surface area contributed by atoms with E-state index in [-0.39, 0.29) is 0 Å². The Labute approximate surface area is 183 Å². The van der Waals surface area contributed by atoms with E-state index in [4.69, 9.17) is 16.1 Å². The van der Waals surface area contributed by atoms with Crippen LogP contribution in [0.4, 0.5) is 5.69 Å². The fourth-order valence-corrected chi connectivity index (χ4v) is 3.97. The van der Waals surface area contributed by atoms with Gasteiger partial charge in [-0.25, -0.2) is 0 Å². The van der Waals surface area contributed by atoms with Crippen LogP contribution in [0.15, 0.2) is 53.1 Å². The topological polar surface area (TPSA) is 48.6 Å². The molecule has 0 saturated carbocycles. The van der Waals surface area contributed by atoms with Gasteiger partial charge in [0.05, 0.1) is 6.54 Å². The molecule has 1 fully saturated rings. The van der Waals surface area contributed by atoms with E-state index in [0.717, 1.165) is 61.2 Å². The summed E-state index contributed by atoms with van der Waals surface area (Å²) in [6, 6.07) is 16.2. The molecule has 0 unspecified atom stereocenters. The Balaban J connectivity index is 1.33. The number of halogens is 1. The number of hydrogen-bond acceptors (Lipinski definition) is 6. The highest BCUT2D eigenvalue weighted by Gasteiger charge is 2.18. The number of hydrogen-bond donors (Lipinski definition) is 0. The second-order valence-corrected chi connectivity index (χ2v) is 8.36. The quantitative estimate of drug-likeness (QED) is 0.591. The molecule has 2 aromatic carbocycles. The maximum absolute atomic E-state index is 6.53. The van der Waals surface area contributed by atoms with Crippen molar-refractivity contribution in [3.63, 3.8) is 0 Å². The average molecular weight is 426 g/mol. The second kappa shape index (κ2) is 9.60. The summed E-state index contributed by atoms with van der Waals surface area (Å²) in [5.74, 6) is 1.32. The van der Waals surface area contributed by atoms with E-state index >= 15 is 0 Å². The van der Waals surface area contributed by atoms with Gasteiger partial charge in [0.25, 0.3) is 5.89 Å². The first-order chi connectivity index (χ1) is 14.6. The Hall–Kier alpha value is -2.41. The van der Waals surface area contributed by atoms with Crippen LogP contribution in [0.2, 0.25) is 5.02 Å². The van der Waals surface area contributed by atoms with Crippen LogP contribution < -0.4 is 4.90 Å². The lowest BCUT2D eigenvalue weighted by Gasteiger charge is -2.22. The molecular weight excluding hydrogens is 398 g/mol. The molecule has 1 aromatic heterocycles. The predicted octanol–water partition coefficient (Wildman–Crippen LogP) is 4.16. The highest BCUT2D eigenvalue weighted by atomic mass is 35.5. The standard InChI is InChI=1S/C23H28ClN5O/c1-27(2)20-10-9-19(21(24)15-20)16-28-11-6-12-29(14-13-28)17-22-25-23(30-26-22)18-7-4-3-5-8-18/h3-5,7-10,15H,6,11-14,16-17H2,1-2H3. The third kappa shape index (κ3) is 5.19. The van der Waals surface area contributed by atoms with Crippen molar-refractivity contribution in [2.45, 2.75) is 19.5 Å². The van der Waals surface area contributed by atoms with Gasteiger partial charge >= 0.3 is 0 Å². The van der Waals surface area contributed by atoms with E-state index in [2.05, 4.69) is 37.0 Å². The molecule has 1 aliphatic heterocycles. The van der Waals surface area contributed by atoms with Crippen molar-refractivity contribution in [2.75, 3.05) is 45.2 Å². The normalized spacial score (nSPS) is 15.8. The van der Waals surface area contributed by atoms with Gasteiger partial charge in [0.15, 0.2) is 5.82 Å². The molecule has 0 aliphatic carbocycles. The van der Waals surface area contributed by atoms with Crippen LogP contribution in [-0.4, -0.2) is 60.2 Å². The van der Waals surface area contributed by atoms with Crippen LogP contribution >= 0.6 is 11.6 Å². The van der Waals surface area contributed by atoms with Crippen LogP contribution in [0, 0.1) is 0 Å². The first-order valence-electron chi connectivity index (χ1n) is 10.4. The minimum Gasteiger partial charge on any atom is -0.378 e. The molecule has 158 valence electrons. The molecule has 3 aromatic rings. The highest BCUT2D eigenvalue weighted by molar-refractivity contribution is 6.31. The summed E-state index contributed by atoms with van der Waals surface area (Å²) in [4.78, 5) is 11.5. The zero-order chi connectivity index (χ0) is 20.9. The molecule has 0 amide bonds. The van der Waals surface area contributed by atoms with Crippen molar-refractivity contribution in [3.8, 4) is 11.5 Å². The highest BCUT2D eigenvalue weighted by Crippen LogP contribution is 2.24. The van der Waals surface area contributed by atoms with E-state index in [1.165, 1.54) is 5.56 Å². The monoisotopic (exact) mass is 425 g/mol. The van der Waals surface area contributed by atoms with E-state index in [1.807, 2.05) is 50.5 Å². The Morgan fingerprint density at radius 2 is 1.70 bits per heavy atom. The first kappa shape index (κ1) is 20.8. The van der Waals surface area contributed by atoms with Gasteiger partial charge in [-0.2, -0.15) is 4.98 Å². The number of rotatable bonds is 6. The summed E-state index contributed by atoms with van der Waals surface area (Å²) in [5.41, 5.74) is 3.26. The Morgan fingerprint density at radius 1 is 0.967 bits per heavy atom. The van der Waals surface area contributed by atoms with E-state index in [0.29, 0.717) is 12.4 Å². The smallest absolute Gasteiger partial charge is 0.257 e. The molecule has 4 rings (SSSR count). The molecule has 1 aliphatic rings. The fraction of sp³-hybridized carbons (Fsp3) is 0.391. The zero-order valence-corrected chi connectivity index (χ0v) is 18.3. The van der Waals surface area contributed by atoms with Gasteiger partial charge in [-0.3, -0.25) is 9.80 Å². The number of benzene rings is 2. The third-order valence-electron chi connectivity index (χ3n) is 5.48. The summed E-state index contributed by atoms with van der Waals surface area (Å²) in [7, 11) is 4.06. The maximum atomic E-state index is 6.53. The van der Waals surface area contributed by atoms with Gasteiger partial charge in [-0.1, -0.05) is 41.0 Å². The lowest BCUT2D eigenvalue weighted by molar-refractivity contribution is 0.241. The minimum absolute atomic E-state index is 0.581. The van der Waals surface area contributed by atoms with Gasteiger partial charge in [0, 0.05) is 50.0 Å². The van der Waals surface area contributed by atoms with Crippen molar-refractivity contribution in [2.24, 2.45) is 0 Å². The number of nitrogens with zero attached hydrogens (tertiary/aromatic N) is 5. The van der Waals surface area contributed by atoms with Crippen molar-refractivity contribution < 1.29 is 4.52 Å². The van der Waals surface area contributed by atoms with Crippen molar-refractivity contribution in [3.05, 3.63) is 64.9 Å². The molecule has 0 radical (unpaired) electrons. The molecule has 0 bridgehead atoms. The molecule has 7 heteroatoms. The van der Waals surface area contributed by atoms with Crippen LogP contribution in [-0.2, 0) is 13.1 Å². The van der Waals surface area contributed by atoms with Crippen LogP contribution in [0.1, 0.15) is 17.8 Å². The molecule has 0 spiro atoms. The lowest BCUT2D eigenvalue weighted by Crippen LogP contribution is -2.30. The fourth-order valence-electron chi connectivity index (χ4n) is 3.74. The molecule has 1 saturated heterocycles. The van der Waals surface area contributed by atoms with E-state index in [9.17, 15) is 0 Å². The zero-order valence-electron chi connectivity index (χ0n) is 17.6. The first-order valence-corrected chi connectivity index (χ1v) is 10.7. The summed E-state index contributed by atoms with van der Waals surface area (Å²) < 4.78 is 5.45. The average Bonchev–Trinajstić information content (AvgIpc) is 3.10. The SMILES string of the molecule is CN(C)c1ccc(CN2CCCN(Cc3noc(-c4ccccc4)n3)CC2)c(Cl)c1. The van der Waals surface area contributed by atoms with Crippen molar-refractivity contribution in [1.29, 1.82) is 0 Å². The van der Waals surface area contributed by atoms with Gasteiger partial charge in [0.2, 0.25) is 0 Å². The second-order valence-electron chi connectivity index (χ2n) is 7.96. The summed E-state index contributed by atoms with van der Waals surface area (Å²) in [6.45, 7) is 5.64. The third-order valence-corrected chi connectivity index (χ3v) is 5.83. The summed E-state index contributed by atoms with van der Waals surface area (Å²) in [5, 5.41) is 5.01. The van der Waals surface area contributed by atoms with Crippen molar-refractivity contribution >= 4 is 17.3 Å². The Bertz CT molecular complexity index is 959. The summed E-state index contributed by atoms with van der Waals surface area (Å²) in [6.07, 6.45) is 1.11. The Morgan fingerprint density at radius 3 is 2.40 bits per heavy atom. The summed E-state index contributed by atoms with van der Waals surface area (Å²) >= 11 is 6.53. The number of aromatic nitrogens is 2. The van der Waals surface area contributed by atoms with E-state index in [1.54, 1.807) is 0 Å². The molecule has 0 atom stereocenters. The van der Waals surface area contributed by atoms with Gasteiger partial charge in [-0.15, -0.1) is 0 Å². The van der Waals surface area contributed by atoms with E-state index < -0.39 is 0 Å². The van der Waals surface area contributed by atoms with Crippen LogP contribution in [0.5, 0.6) is 0 Å². The van der Waals surface area contributed by atoms with Crippen LogP contribution in [0.25, 0.3) is 11.5 Å². The molecule has 30 heavy (non-hydrogen) atoms. The molecule has 0 N–H and O–H groups in total. The van der Waals surface area contributed by atoms with Crippen molar-refractivity contribution in [1.82, 2.24) is 19.9 Å².